The average Bonchev–Trinajstić information content (AvgIpc) is 2.30. The van der Waals surface area contributed by atoms with E-state index in [-0.39, 0.29) is 5.78 Å². The molecule has 0 aliphatic carbocycles. The van der Waals surface area contributed by atoms with Gasteiger partial charge in [0.1, 0.15) is 0 Å². The first kappa shape index (κ1) is 11.6. The van der Waals surface area contributed by atoms with Crippen LogP contribution in [0.3, 0.4) is 0 Å². The lowest BCUT2D eigenvalue weighted by Gasteiger charge is -2.02. The van der Waals surface area contributed by atoms with Gasteiger partial charge < -0.3 is 5.32 Å². The van der Waals surface area contributed by atoms with Crippen LogP contribution in [0.25, 0.3) is 0 Å². The van der Waals surface area contributed by atoms with Crippen LogP contribution in [-0.4, -0.2) is 25.2 Å². The van der Waals surface area contributed by atoms with Crippen molar-refractivity contribution >= 4 is 12.1 Å². The highest BCUT2D eigenvalue weighted by molar-refractivity contribution is 5.97. The fraction of sp³-hybridized carbons (Fsp3) is 0.333. The molecule has 15 heavy (non-hydrogen) atoms. The van der Waals surface area contributed by atoms with Gasteiger partial charge in [-0.15, -0.1) is 0 Å². The van der Waals surface area contributed by atoms with Gasteiger partial charge in [0.25, 0.3) is 0 Å². The van der Waals surface area contributed by atoms with E-state index in [1.165, 1.54) is 0 Å². The maximum atomic E-state index is 11.5. The lowest BCUT2D eigenvalue weighted by Crippen LogP contribution is -2.24. The molecule has 0 heterocycles. The van der Waals surface area contributed by atoms with Gasteiger partial charge in [0.2, 0.25) is 0 Å². The summed E-state index contributed by atoms with van der Waals surface area (Å²) >= 11 is 0. The number of unbranched alkanes of at least 4 members (excludes halogenated alkanes) is 1. The first-order valence-electron chi connectivity index (χ1n) is 4.98. The van der Waals surface area contributed by atoms with Gasteiger partial charge in [0.15, 0.2) is 12.1 Å². The number of ketones is 1. The summed E-state index contributed by atoms with van der Waals surface area (Å²) in [6.45, 7) is 0.997. The van der Waals surface area contributed by atoms with Crippen molar-refractivity contribution in [1.29, 1.82) is 0 Å². The molecule has 0 spiro atoms. The van der Waals surface area contributed by atoms with E-state index in [4.69, 9.17) is 0 Å². The van der Waals surface area contributed by atoms with E-state index in [1.807, 2.05) is 24.5 Å². The van der Waals surface area contributed by atoms with Crippen molar-refractivity contribution < 1.29 is 9.59 Å². The van der Waals surface area contributed by atoms with Gasteiger partial charge in [-0.2, -0.15) is 0 Å². The quantitative estimate of drug-likeness (QED) is 0.538. The molecule has 0 aliphatic heterocycles. The van der Waals surface area contributed by atoms with Crippen molar-refractivity contribution in [2.24, 2.45) is 0 Å². The predicted molar refractivity (Wildman–Crippen MR) is 58.6 cm³/mol. The third-order valence-corrected chi connectivity index (χ3v) is 2.01. The standard InChI is InChI=1S/C12H14NO2/c14-9-5-4-8-13-10-12(15)11-6-2-1-3-7-11/h1-3,6-7,13H,4-5,8,10H2. The molecule has 3 nitrogen and oxygen atoms in total. The molecule has 0 saturated carbocycles. The zero-order valence-electron chi connectivity index (χ0n) is 8.53. The first-order valence-corrected chi connectivity index (χ1v) is 4.98. The predicted octanol–water partition coefficient (Wildman–Crippen LogP) is 1.35. The summed E-state index contributed by atoms with van der Waals surface area (Å²) in [5.74, 6) is 0.0747. The Balaban J connectivity index is 2.22. The smallest absolute Gasteiger partial charge is 0.198 e. The van der Waals surface area contributed by atoms with Gasteiger partial charge in [-0.3, -0.25) is 9.59 Å². The molecule has 0 unspecified atom stereocenters. The number of benzene rings is 1. The number of hydrogen-bond acceptors (Lipinski definition) is 3. The average molecular weight is 204 g/mol. The third kappa shape index (κ3) is 4.51. The Hall–Kier alpha value is -1.48. The molecule has 1 radical (unpaired) electrons. The van der Waals surface area contributed by atoms with Crippen LogP contribution >= 0.6 is 0 Å². The van der Waals surface area contributed by atoms with Gasteiger partial charge >= 0.3 is 0 Å². The number of rotatable bonds is 7. The highest BCUT2D eigenvalue weighted by Crippen LogP contribution is 1.98. The van der Waals surface area contributed by atoms with E-state index in [0.717, 1.165) is 6.42 Å². The van der Waals surface area contributed by atoms with E-state index < -0.39 is 0 Å². The number of hydrogen-bond donors (Lipinski definition) is 1. The fourth-order valence-electron chi connectivity index (χ4n) is 1.21. The monoisotopic (exact) mass is 204 g/mol. The summed E-state index contributed by atoms with van der Waals surface area (Å²) in [7, 11) is 0. The van der Waals surface area contributed by atoms with Crippen molar-refractivity contribution in [2.75, 3.05) is 13.1 Å². The molecule has 0 aromatic heterocycles. The van der Waals surface area contributed by atoms with Crippen LogP contribution in [0.15, 0.2) is 30.3 Å². The highest BCUT2D eigenvalue weighted by atomic mass is 16.1. The molecule has 0 amide bonds. The summed E-state index contributed by atoms with van der Waals surface area (Å²) in [6.07, 6.45) is 2.96. The van der Waals surface area contributed by atoms with Gasteiger partial charge in [0, 0.05) is 12.0 Å². The molecule has 0 fully saturated rings. The largest absolute Gasteiger partial charge is 0.310 e. The van der Waals surface area contributed by atoms with Crippen LogP contribution in [0.4, 0.5) is 0 Å². The number of Topliss-reactive ketones (excluding diaryl/α,β-unsaturated/α-hetero) is 1. The summed E-state index contributed by atoms with van der Waals surface area (Å²) in [6, 6.07) is 9.15. The Kier molecular flexibility index (Phi) is 5.33. The minimum absolute atomic E-state index is 0.0747. The minimum Gasteiger partial charge on any atom is -0.310 e. The van der Waals surface area contributed by atoms with Crippen LogP contribution in [0.2, 0.25) is 0 Å². The molecule has 0 atom stereocenters. The lowest BCUT2D eigenvalue weighted by atomic mass is 10.1. The van der Waals surface area contributed by atoms with Crippen LogP contribution in [-0.2, 0) is 4.79 Å². The first-order chi connectivity index (χ1) is 7.34. The second-order valence-electron chi connectivity index (χ2n) is 3.21. The van der Waals surface area contributed by atoms with Crippen molar-refractivity contribution in [3.63, 3.8) is 0 Å². The number of nitrogens with one attached hydrogen (secondary N) is 1. The minimum atomic E-state index is 0.0747. The molecule has 1 aromatic carbocycles. The van der Waals surface area contributed by atoms with Gasteiger partial charge in [-0.25, -0.2) is 0 Å². The Morgan fingerprint density at radius 3 is 2.67 bits per heavy atom. The van der Waals surface area contributed by atoms with Crippen LogP contribution < -0.4 is 5.32 Å². The van der Waals surface area contributed by atoms with Crippen molar-refractivity contribution in [3.8, 4) is 0 Å². The molecule has 0 aliphatic rings. The Morgan fingerprint density at radius 2 is 2.00 bits per heavy atom. The molecule has 1 rings (SSSR count). The summed E-state index contributed by atoms with van der Waals surface area (Å²) in [5.41, 5.74) is 0.715. The molecular formula is C12H14NO2. The van der Waals surface area contributed by atoms with E-state index in [9.17, 15) is 9.59 Å². The lowest BCUT2D eigenvalue weighted by molar-refractivity contribution is 0.0991. The maximum Gasteiger partial charge on any atom is 0.198 e. The zero-order valence-corrected chi connectivity index (χ0v) is 8.53. The van der Waals surface area contributed by atoms with Crippen molar-refractivity contribution in [1.82, 2.24) is 5.32 Å². The second-order valence-corrected chi connectivity index (χ2v) is 3.21. The summed E-state index contributed by atoms with van der Waals surface area (Å²) in [5, 5.41) is 2.99. The molecule has 0 saturated heterocycles. The molecule has 3 heteroatoms. The van der Waals surface area contributed by atoms with E-state index in [1.54, 1.807) is 12.1 Å². The van der Waals surface area contributed by atoms with Gasteiger partial charge in [0.05, 0.1) is 6.54 Å². The van der Waals surface area contributed by atoms with E-state index in [2.05, 4.69) is 5.32 Å². The van der Waals surface area contributed by atoms with Crippen molar-refractivity contribution in [3.05, 3.63) is 35.9 Å². The van der Waals surface area contributed by atoms with E-state index in [0.29, 0.717) is 25.1 Å². The normalized spacial score (nSPS) is 9.87. The topological polar surface area (TPSA) is 46.2 Å². The number of carbonyl (C=O) groups excluding carboxylic acids is 2. The molecule has 1 N–H and O–H groups in total. The molecule has 1 aromatic rings. The maximum absolute atomic E-state index is 11.5. The van der Waals surface area contributed by atoms with Gasteiger partial charge in [-0.1, -0.05) is 30.3 Å². The van der Waals surface area contributed by atoms with Gasteiger partial charge in [-0.05, 0) is 13.0 Å². The second kappa shape index (κ2) is 6.90. The number of carbonyl (C=O) groups is 1. The van der Waals surface area contributed by atoms with Crippen LogP contribution in [0.5, 0.6) is 0 Å². The summed E-state index contributed by atoms with van der Waals surface area (Å²) in [4.78, 5) is 21.4. The van der Waals surface area contributed by atoms with Crippen LogP contribution in [0.1, 0.15) is 23.2 Å². The third-order valence-electron chi connectivity index (χ3n) is 2.01. The van der Waals surface area contributed by atoms with Crippen molar-refractivity contribution in [2.45, 2.75) is 12.8 Å². The molecular weight excluding hydrogens is 190 g/mol. The fourth-order valence-corrected chi connectivity index (χ4v) is 1.21. The highest BCUT2D eigenvalue weighted by Gasteiger charge is 2.02. The summed E-state index contributed by atoms with van der Waals surface area (Å²) < 4.78 is 0. The zero-order chi connectivity index (χ0) is 10.9. The Bertz CT molecular complexity index is 309. The SMILES string of the molecule is O=[C]CCCNCC(=O)c1ccccc1. The van der Waals surface area contributed by atoms with Crippen LogP contribution in [0, 0.1) is 0 Å². The van der Waals surface area contributed by atoms with E-state index >= 15 is 0 Å². The Labute approximate surface area is 89.5 Å². The molecule has 79 valence electrons. The molecule has 0 bridgehead atoms. The Morgan fingerprint density at radius 1 is 1.27 bits per heavy atom.